The Morgan fingerprint density at radius 1 is 1.25 bits per heavy atom. The van der Waals surface area contributed by atoms with Gasteiger partial charge in [-0.2, -0.15) is 0 Å². The van der Waals surface area contributed by atoms with Gasteiger partial charge in [-0.15, -0.1) is 0 Å². The van der Waals surface area contributed by atoms with Gasteiger partial charge in [0.1, 0.15) is 11.4 Å². The molecule has 1 atom stereocenters. The van der Waals surface area contributed by atoms with Gasteiger partial charge >= 0.3 is 0 Å². The number of nitrogens with one attached hydrogen (secondary N) is 1. The first-order valence-corrected chi connectivity index (χ1v) is 8.68. The van der Waals surface area contributed by atoms with E-state index in [1.807, 2.05) is 24.3 Å². The van der Waals surface area contributed by atoms with Crippen molar-refractivity contribution in [1.82, 2.24) is 15.2 Å². The van der Waals surface area contributed by atoms with Crippen LogP contribution in [-0.2, 0) is 0 Å². The van der Waals surface area contributed by atoms with Gasteiger partial charge in [-0.25, -0.2) is 0 Å². The lowest BCUT2D eigenvalue weighted by atomic mass is 9.94. The first-order chi connectivity index (χ1) is 11.7. The quantitative estimate of drug-likeness (QED) is 0.942. The van der Waals surface area contributed by atoms with Gasteiger partial charge in [0.25, 0.3) is 5.91 Å². The van der Waals surface area contributed by atoms with Crippen LogP contribution in [0.4, 0.5) is 0 Å². The number of rotatable bonds is 3. The molecule has 2 bridgehead atoms. The topological polar surface area (TPSA) is 54.5 Å². The van der Waals surface area contributed by atoms with Crippen molar-refractivity contribution in [3.8, 4) is 5.75 Å². The lowest BCUT2D eigenvalue weighted by Crippen LogP contribution is -2.42. The van der Waals surface area contributed by atoms with Crippen molar-refractivity contribution in [2.75, 3.05) is 26.7 Å². The SMILES string of the molecule is COc1ccc2cnc(C(=O)NC3CC4CCN(CC4)C3)cc2c1. The number of fused-ring (bicyclic) bond motifs is 5. The molecule has 3 fully saturated rings. The second-order valence-corrected chi connectivity index (χ2v) is 6.93. The van der Waals surface area contributed by atoms with Crippen molar-refractivity contribution in [2.24, 2.45) is 5.92 Å². The summed E-state index contributed by atoms with van der Waals surface area (Å²) in [5.41, 5.74) is 0.474. The molecule has 3 saturated heterocycles. The van der Waals surface area contributed by atoms with Gasteiger partial charge in [-0.3, -0.25) is 9.78 Å². The number of aromatic nitrogens is 1. The number of piperidine rings is 1. The van der Waals surface area contributed by atoms with Crippen molar-refractivity contribution in [2.45, 2.75) is 25.3 Å². The van der Waals surface area contributed by atoms with Crippen LogP contribution in [0, 0.1) is 5.92 Å². The molecule has 0 radical (unpaired) electrons. The summed E-state index contributed by atoms with van der Waals surface area (Å²) < 4.78 is 5.26. The van der Waals surface area contributed by atoms with Gasteiger partial charge in [0.15, 0.2) is 0 Å². The summed E-state index contributed by atoms with van der Waals surface area (Å²) in [6.07, 6.45) is 5.37. The number of carbonyl (C=O) groups excluding carboxylic acids is 1. The van der Waals surface area contributed by atoms with E-state index in [1.165, 1.54) is 25.9 Å². The molecule has 1 N–H and O–H groups in total. The highest BCUT2D eigenvalue weighted by Crippen LogP contribution is 2.27. The Hall–Kier alpha value is -2.14. The molecular weight excluding hydrogens is 302 g/mol. The largest absolute Gasteiger partial charge is 0.497 e. The van der Waals surface area contributed by atoms with E-state index in [4.69, 9.17) is 4.74 Å². The number of carbonyl (C=O) groups is 1. The van der Waals surface area contributed by atoms with E-state index in [1.54, 1.807) is 13.3 Å². The molecule has 2 aromatic rings. The number of amides is 1. The van der Waals surface area contributed by atoms with E-state index in [-0.39, 0.29) is 11.9 Å². The van der Waals surface area contributed by atoms with E-state index < -0.39 is 0 Å². The molecule has 0 saturated carbocycles. The molecule has 1 amide bonds. The molecule has 1 aromatic carbocycles. The van der Waals surface area contributed by atoms with Crippen molar-refractivity contribution >= 4 is 16.7 Å². The summed E-state index contributed by atoms with van der Waals surface area (Å²) in [4.78, 5) is 19.4. The average molecular weight is 325 g/mol. The zero-order valence-corrected chi connectivity index (χ0v) is 14.0. The number of ether oxygens (including phenoxy) is 1. The van der Waals surface area contributed by atoms with Crippen LogP contribution in [0.3, 0.4) is 0 Å². The zero-order valence-electron chi connectivity index (χ0n) is 14.0. The molecule has 3 aliphatic rings. The van der Waals surface area contributed by atoms with Crippen LogP contribution in [-0.4, -0.2) is 48.6 Å². The number of hydrogen-bond donors (Lipinski definition) is 1. The maximum atomic E-state index is 12.6. The molecule has 24 heavy (non-hydrogen) atoms. The fourth-order valence-electron chi connectivity index (χ4n) is 3.93. The highest BCUT2D eigenvalue weighted by Gasteiger charge is 2.30. The highest BCUT2D eigenvalue weighted by molar-refractivity contribution is 5.96. The molecule has 0 spiro atoms. The minimum Gasteiger partial charge on any atom is -0.497 e. The number of benzene rings is 1. The van der Waals surface area contributed by atoms with Crippen molar-refractivity contribution < 1.29 is 9.53 Å². The van der Waals surface area contributed by atoms with Crippen molar-refractivity contribution in [3.05, 3.63) is 36.2 Å². The monoisotopic (exact) mass is 325 g/mol. The predicted octanol–water partition coefficient (Wildman–Crippen LogP) is 2.46. The number of hydrogen-bond acceptors (Lipinski definition) is 4. The fraction of sp³-hybridized carbons (Fsp3) is 0.474. The summed E-state index contributed by atoms with van der Waals surface area (Å²) in [5.74, 6) is 1.46. The first-order valence-electron chi connectivity index (χ1n) is 8.68. The summed E-state index contributed by atoms with van der Waals surface area (Å²) in [6.45, 7) is 3.31. The lowest BCUT2D eigenvalue weighted by Gasteiger charge is -2.26. The van der Waals surface area contributed by atoms with Gasteiger partial charge < -0.3 is 15.0 Å². The fourth-order valence-corrected chi connectivity index (χ4v) is 3.93. The highest BCUT2D eigenvalue weighted by atomic mass is 16.5. The second kappa shape index (κ2) is 6.40. The summed E-state index contributed by atoms with van der Waals surface area (Å²) in [7, 11) is 1.64. The molecule has 1 unspecified atom stereocenters. The maximum Gasteiger partial charge on any atom is 0.270 e. The molecule has 126 valence electrons. The summed E-state index contributed by atoms with van der Waals surface area (Å²) in [5, 5.41) is 5.17. The van der Waals surface area contributed by atoms with E-state index in [0.29, 0.717) is 5.69 Å². The Bertz CT molecular complexity index is 739. The number of nitrogens with zero attached hydrogens (tertiary/aromatic N) is 2. The van der Waals surface area contributed by atoms with Gasteiger partial charge in [-0.1, -0.05) is 0 Å². The Labute approximate surface area is 142 Å². The maximum absolute atomic E-state index is 12.6. The van der Waals surface area contributed by atoms with E-state index in [0.717, 1.165) is 35.4 Å². The molecule has 5 rings (SSSR count). The first kappa shape index (κ1) is 15.4. The minimum atomic E-state index is -0.0766. The molecule has 0 aliphatic carbocycles. The van der Waals surface area contributed by atoms with Crippen LogP contribution >= 0.6 is 0 Å². The standard InChI is InChI=1S/C19H23N3O2/c1-24-17-3-2-14-11-20-18(10-15(14)9-17)19(23)21-16-8-13-4-6-22(12-16)7-5-13/h2-3,9-11,13,16H,4-8,12H2,1H3,(H,21,23). The number of methoxy groups -OCH3 is 1. The van der Waals surface area contributed by atoms with Crippen molar-refractivity contribution in [3.63, 3.8) is 0 Å². The van der Waals surface area contributed by atoms with Crippen LogP contribution in [0.15, 0.2) is 30.5 Å². The van der Waals surface area contributed by atoms with Crippen molar-refractivity contribution in [1.29, 1.82) is 0 Å². The third-order valence-electron chi connectivity index (χ3n) is 5.30. The molecular formula is C19H23N3O2. The Kier molecular flexibility index (Phi) is 4.10. The van der Waals surface area contributed by atoms with Crippen LogP contribution in [0.25, 0.3) is 10.8 Å². The van der Waals surface area contributed by atoms with Gasteiger partial charge in [0, 0.05) is 24.2 Å². The molecule has 5 nitrogen and oxygen atoms in total. The molecule has 4 heterocycles. The normalized spacial score (nSPS) is 26.1. The predicted molar refractivity (Wildman–Crippen MR) is 93.3 cm³/mol. The van der Waals surface area contributed by atoms with E-state index in [2.05, 4.69) is 15.2 Å². The summed E-state index contributed by atoms with van der Waals surface area (Å²) >= 11 is 0. The summed E-state index contributed by atoms with van der Waals surface area (Å²) in [6, 6.07) is 7.87. The second-order valence-electron chi connectivity index (χ2n) is 6.93. The van der Waals surface area contributed by atoms with Gasteiger partial charge in [-0.05, 0) is 67.9 Å². The smallest absolute Gasteiger partial charge is 0.270 e. The van der Waals surface area contributed by atoms with Crippen LogP contribution in [0.1, 0.15) is 29.8 Å². The van der Waals surface area contributed by atoms with E-state index >= 15 is 0 Å². The lowest BCUT2D eigenvalue weighted by molar-refractivity contribution is 0.0924. The Morgan fingerprint density at radius 3 is 2.88 bits per heavy atom. The Morgan fingerprint density at radius 2 is 2.08 bits per heavy atom. The number of pyridine rings is 1. The zero-order chi connectivity index (χ0) is 16.5. The van der Waals surface area contributed by atoms with Gasteiger partial charge in [0.2, 0.25) is 0 Å². The Balaban J connectivity index is 1.52. The average Bonchev–Trinajstić information content (AvgIpc) is 2.93. The molecule has 3 aliphatic heterocycles. The third-order valence-corrected chi connectivity index (χ3v) is 5.30. The third kappa shape index (κ3) is 3.08. The van der Waals surface area contributed by atoms with Crippen LogP contribution in [0.5, 0.6) is 5.75 Å². The van der Waals surface area contributed by atoms with Gasteiger partial charge in [0.05, 0.1) is 7.11 Å². The van der Waals surface area contributed by atoms with Crippen LogP contribution in [0.2, 0.25) is 0 Å². The molecule has 1 aromatic heterocycles. The van der Waals surface area contributed by atoms with Crippen LogP contribution < -0.4 is 10.1 Å². The minimum absolute atomic E-state index is 0.0766. The van der Waals surface area contributed by atoms with E-state index in [9.17, 15) is 4.79 Å². The molecule has 5 heteroatoms.